The van der Waals surface area contributed by atoms with E-state index in [0.29, 0.717) is 6.04 Å². The van der Waals surface area contributed by atoms with Gasteiger partial charge >= 0.3 is 0 Å². The van der Waals surface area contributed by atoms with E-state index in [1.807, 2.05) is 12.1 Å². The molecule has 6 rings (SSSR count). The fourth-order valence-corrected chi connectivity index (χ4v) is 7.09. The topological polar surface area (TPSA) is 26.8 Å². The molecule has 0 bridgehead atoms. The molecule has 2 heterocycles. The van der Waals surface area contributed by atoms with Crippen LogP contribution in [0.25, 0.3) is 0 Å². The maximum Gasteiger partial charge on any atom is 0.254 e. The minimum Gasteiger partial charge on any atom is -0.335 e. The Morgan fingerprint density at radius 1 is 0.714 bits per heavy atom. The SMILES string of the molecule is Cc1cccc(C(=O)N2CC[C@@H](N3CCN(C(c4ccccc4)c4ccccc4)CC3)C[C@H]2Cc2ccccc2)c1C. The first-order chi connectivity index (χ1) is 20.6. The molecule has 0 spiro atoms. The highest BCUT2D eigenvalue weighted by Crippen LogP contribution is 2.32. The summed E-state index contributed by atoms with van der Waals surface area (Å²) in [6.07, 6.45) is 2.95. The third kappa shape index (κ3) is 6.21. The molecule has 0 N–H and O–H groups in total. The van der Waals surface area contributed by atoms with Crippen molar-refractivity contribution in [1.82, 2.24) is 14.7 Å². The number of piperazine rings is 1. The predicted molar refractivity (Wildman–Crippen MR) is 172 cm³/mol. The maximum atomic E-state index is 13.9. The molecule has 0 radical (unpaired) electrons. The summed E-state index contributed by atoms with van der Waals surface area (Å²) >= 11 is 0. The van der Waals surface area contributed by atoms with E-state index in [1.54, 1.807) is 0 Å². The molecule has 2 aliphatic heterocycles. The molecule has 0 saturated carbocycles. The van der Waals surface area contributed by atoms with Crippen LogP contribution >= 0.6 is 0 Å². The molecule has 2 aliphatic rings. The monoisotopic (exact) mass is 557 g/mol. The number of hydrogen-bond acceptors (Lipinski definition) is 3. The number of carbonyl (C=O) groups is 1. The second-order valence-electron chi connectivity index (χ2n) is 12.1. The van der Waals surface area contributed by atoms with Crippen LogP contribution in [0.4, 0.5) is 0 Å². The molecule has 1 amide bonds. The summed E-state index contributed by atoms with van der Waals surface area (Å²) in [6.45, 7) is 9.19. The van der Waals surface area contributed by atoms with Gasteiger partial charge in [0.1, 0.15) is 0 Å². The summed E-state index contributed by atoms with van der Waals surface area (Å²) < 4.78 is 0. The number of nitrogens with zero attached hydrogens (tertiary/aromatic N) is 3. The second kappa shape index (κ2) is 13.1. The molecule has 2 saturated heterocycles. The summed E-state index contributed by atoms with van der Waals surface area (Å²) in [6, 6.07) is 39.7. The average Bonchev–Trinajstić information content (AvgIpc) is 3.04. The lowest BCUT2D eigenvalue weighted by atomic mass is 9.89. The highest BCUT2D eigenvalue weighted by atomic mass is 16.2. The van der Waals surface area contributed by atoms with E-state index in [1.165, 1.54) is 22.3 Å². The first-order valence-corrected chi connectivity index (χ1v) is 15.6. The van der Waals surface area contributed by atoms with Gasteiger partial charge in [-0.3, -0.25) is 14.6 Å². The Bertz CT molecular complexity index is 1410. The molecular weight excluding hydrogens is 514 g/mol. The largest absolute Gasteiger partial charge is 0.335 e. The van der Waals surface area contributed by atoms with Gasteiger partial charge in [0, 0.05) is 50.4 Å². The molecule has 0 unspecified atom stereocenters. The van der Waals surface area contributed by atoms with Gasteiger partial charge in [0.05, 0.1) is 6.04 Å². The molecule has 4 aromatic rings. The van der Waals surface area contributed by atoms with Crippen molar-refractivity contribution in [2.75, 3.05) is 32.7 Å². The van der Waals surface area contributed by atoms with Gasteiger partial charge in [-0.25, -0.2) is 0 Å². The van der Waals surface area contributed by atoms with Crippen LogP contribution in [0.15, 0.2) is 109 Å². The van der Waals surface area contributed by atoms with E-state index in [2.05, 4.69) is 126 Å². The molecular formula is C38H43N3O. The second-order valence-corrected chi connectivity index (χ2v) is 12.1. The third-order valence-corrected chi connectivity index (χ3v) is 9.56. The van der Waals surface area contributed by atoms with E-state index >= 15 is 0 Å². The summed E-state index contributed by atoms with van der Waals surface area (Å²) in [4.78, 5) is 21.5. The van der Waals surface area contributed by atoms with Gasteiger partial charge in [-0.1, -0.05) is 103 Å². The number of likely N-dealkylation sites (tertiary alicyclic amines) is 1. The summed E-state index contributed by atoms with van der Waals surface area (Å²) in [5, 5.41) is 0. The van der Waals surface area contributed by atoms with E-state index < -0.39 is 0 Å². The van der Waals surface area contributed by atoms with Gasteiger partial charge in [0.15, 0.2) is 0 Å². The minimum atomic E-state index is 0.189. The third-order valence-electron chi connectivity index (χ3n) is 9.56. The Balaban J connectivity index is 1.18. The van der Waals surface area contributed by atoms with E-state index in [-0.39, 0.29) is 18.0 Å². The quantitative estimate of drug-likeness (QED) is 0.247. The Kier molecular flexibility index (Phi) is 8.83. The van der Waals surface area contributed by atoms with Crippen LogP contribution in [0.5, 0.6) is 0 Å². The molecule has 4 heteroatoms. The van der Waals surface area contributed by atoms with Gasteiger partial charge in [-0.05, 0) is 67.0 Å². The smallest absolute Gasteiger partial charge is 0.254 e. The van der Waals surface area contributed by atoms with Crippen LogP contribution in [0.3, 0.4) is 0 Å². The van der Waals surface area contributed by atoms with Crippen molar-refractivity contribution in [3.63, 3.8) is 0 Å². The van der Waals surface area contributed by atoms with E-state index in [9.17, 15) is 4.79 Å². The number of aryl methyl sites for hydroxylation is 1. The van der Waals surface area contributed by atoms with Crippen LogP contribution < -0.4 is 0 Å². The average molecular weight is 558 g/mol. The zero-order valence-corrected chi connectivity index (χ0v) is 25.0. The maximum absolute atomic E-state index is 13.9. The first-order valence-electron chi connectivity index (χ1n) is 15.6. The highest BCUT2D eigenvalue weighted by Gasteiger charge is 2.37. The summed E-state index contributed by atoms with van der Waals surface area (Å²) in [5.41, 5.74) is 7.16. The molecule has 2 atom stereocenters. The van der Waals surface area contributed by atoms with Crippen molar-refractivity contribution in [3.8, 4) is 0 Å². The van der Waals surface area contributed by atoms with Crippen molar-refractivity contribution >= 4 is 5.91 Å². The summed E-state index contributed by atoms with van der Waals surface area (Å²) in [5.74, 6) is 0.189. The lowest BCUT2D eigenvalue weighted by Gasteiger charge is -2.47. The van der Waals surface area contributed by atoms with Crippen LogP contribution in [-0.4, -0.2) is 65.4 Å². The summed E-state index contributed by atoms with van der Waals surface area (Å²) in [7, 11) is 0. The molecule has 216 valence electrons. The first kappa shape index (κ1) is 28.4. The van der Waals surface area contributed by atoms with Crippen molar-refractivity contribution in [2.24, 2.45) is 0 Å². The van der Waals surface area contributed by atoms with Crippen molar-refractivity contribution < 1.29 is 4.79 Å². The van der Waals surface area contributed by atoms with Gasteiger partial charge in [0.2, 0.25) is 0 Å². The Morgan fingerprint density at radius 2 is 1.31 bits per heavy atom. The number of benzene rings is 4. The number of piperidine rings is 1. The van der Waals surface area contributed by atoms with Gasteiger partial charge in [-0.2, -0.15) is 0 Å². The standard InChI is InChI=1S/C38H43N3O/c1-29-13-12-20-36(30(29)2)38(42)41-22-21-34(28-35(41)27-31-14-6-3-7-15-31)39-23-25-40(26-24-39)37(32-16-8-4-9-17-32)33-18-10-5-11-19-33/h3-20,34-35,37H,21-28H2,1-2H3/t34-,35-/m1/s1. The Morgan fingerprint density at radius 3 is 1.93 bits per heavy atom. The van der Waals surface area contributed by atoms with Crippen LogP contribution in [0, 0.1) is 13.8 Å². The Labute approximate surface area is 251 Å². The zero-order chi connectivity index (χ0) is 28.9. The van der Waals surface area contributed by atoms with E-state index in [4.69, 9.17) is 0 Å². The predicted octanol–water partition coefficient (Wildman–Crippen LogP) is 6.93. The van der Waals surface area contributed by atoms with Gasteiger partial charge < -0.3 is 4.90 Å². The van der Waals surface area contributed by atoms with Crippen molar-refractivity contribution in [2.45, 2.75) is 51.2 Å². The van der Waals surface area contributed by atoms with Crippen LogP contribution in [0.1, 0.15) is 57.1 Å². The highest BCUT2D eigenvalue weighted by molar-refractivity contribution is 5.96. The molecule has 4 aromatic carbocycles. The fraction of sp³-hybridized carbons (Fsp3) is 0.342. The number of rotatable bonds is 7. The normalized spacial score (nSPS) is 20.1. The zero-order valence-electron chi connectivity index (χ0n) is 25.0. The van der Waals surface area contributed by atoms with Crippen molar-refractivity contribution in [1.29, 1.82) is 0 Å². The lowest BCUT2D eigenvalue weighted by Crippen LogP contribution is -2.57. The molecule has 2 fully saturated rings. The minimum absolute atomic E-state index is 0.189. The molecule has 0 aromatic heterocycles. The van der Waals surface area contributed by atoms with Crippen LogP contribution in [-0.2, 0) is 6.42 Å². The van der Waals surface area contributed by atoms with Gasteiger partial charge in [0.25, 0.3) is 5.91 Å². The number of hydrogen-bond donors (Lipinski definition) is 0. The van der Waals surface area contributed by atoms with Crippen molar-refractivity contribution in [3.05, 3.63) is 143 Å². The van der Waals surface area contributed by atoms with E-state index in [0.717, 1.165) is 63.1 Å². The van der Waals surface area contributed by atoms with Crippen LogP contribution in [0.2, 0.25) is 0 Å². The number of amides is 1. The molecule has 42 heavy (non-hydrogen) atoms. The van der Waals surface area contributed by atoms with Gasteiger partial charge in [-0.15, -0.1) is 0 Å². The Hall–Kier alpha value is -3.73. The fourth-order valence-electron chi connectivity index (χ4n) is 7.09. The molecule has 4 nitrogen and oxygen atoms in total. The molecule has 0 aliphatic carbocycles. The lowest BCUT2D eigenvalue weighted by molar-refractivity contribution is 0.0246. The number of carbonyl (C=O) groups excluding carboxylic acids is 1.